The maximum atomic E-state index is 8.86. The Morgan fingerprint density at radius 1 is 1.43 bits per heavy atom. The molecule has 0 saturated heterocycles. The fourth-order valence-electron chi connectivity index (χ4n) is 1.24. The summed E-state index contributed by atoms with van der Waals surface area (Å²) in [6.45, 7) is 0. The van der Waals surface area contributed by atoms with Crippen LogP contribution in [0.25, 0.3) is 11.4 Å². The second kappa shape index (κ2) is 3.30. The van der Waals surface area contributed by atoms with E-state index in [1.807, 2.05) is 19.3 Å². The van der Waals surface area contributed by atoms with Gasteiger partial charge in [-0.1, -0.05) is 0 Å². The molecule has 2 aromatic rings. The van der Waals surface area contributed by atoms with Crippen LogP contribution in [0.4, 0.5) is 0 Å². The lowest BCUT2D eigenvalue weighted by Gasteiger charge is -1.96. The van der Waals surface area contributed by atoms with Gasteiger partial charge in [0.1, 0.15) is 17.5 Å². The molecule has 0 radical (unpaired) electrons. The molecule has 0 saturated carbocycles. The Labute approximate surface area is 81.4 Å². The van der Waals surface area contributed by atoms with Gasteiger partial charge in [-0.15, -0.1) is 0 Å². The fourth-order valence-corrected chi connectivity index (χ4v) is 1.24. The SMILES string of the molecule is Cn1ccc(-c2ncccc2C#N)n1. The van der Waals surface area contributed by atoms with E-state index in [2.05, 4.69) is 16.2 Å². The highest BCUT2D eigenvalue weighted by molar-refractivity contribution is 5.62. The maximum Gasteiger partial charge on any atom is 0.112 e. The van der Waals surface area contributed by atoms with Crippen LogP contribution in [0.3, 0.4) is 0 Å². The van der Waals surface area contributed by atoms with Crippen LogP contribution in [0.2, 0.25) is 0 Å². The molecule has 2 rings (SSSR count). The molecule has 14 heavy (non-hydrogen) atoms. The van der Waals surface area contributed by atoms with Crippen molar-refractivity contribution >= 4 is 0 Å². The van der Waals surface area contributed by atoms with E-state index in [0.29, 0.717) is 11.3 Å². The van der Waals surface area contributed by atoms with Gasteiger partial charge < -0.3 is 0 Å². The molecule has 0 spiro atoms. The third-order valence-corrected chi connectivity index (χ3v) is 1.88. The van der Waals surface area contributed by atoms with Gasteiger partial charge in [0, 0.05) is 19.4 Å². The molecule has 0 aliphatic rings. The summed E-state index contributed by atoms with van der Waals surface area (Å²) in [7, 11) is 1.83. The number of hydrogen-bond donors (Lipinski definition) is 0. The topological polar surface area (TPSA) is 54.5 Å². The summed E-state index contributed by atoms with van der Waals surface area (Å²) in [5, 5.41) is 13.1. The summed E-state index contributed by atoms with van der Waals surface area (Å²) in [5.41, 5.74) is 1.91. The van der Waals surface area contributed by atoms with Crippen LogP contribution < -0.4 is 0 Å². The zero-order valence-corrected chi connectivity index (χ0v) is 7.68. The number of nitriles is 1. The van der Waals surface area contributed by atoms with Crippen molar-refractivity contribution < 1.29 is 0 Å². The molecule has 0 fully saturated rings. The highest BCUT2D eigenvalue weighted by Crippen LogP contribution is 2.17. The Bertz CT molecular complexity index is 493. The standard InChI is InChI=1S/C10H8N4/c1-14-6-4-9(13-14)10-8(7-11)3-2-5-12-10/h2-6H,1H3. The molecule has 0 unspecified atom stereocenters. The largest absolute Gasteiger partial charge is 0.275 e. The predicted octanol–water partition coefficient (Wildman–Crippen LogP) is 1.35. The molecule has 0 aliphatic carbocycles. The highest BCUT2D eigenvalue weighted by Gasteiger charge is 2.07. The summed E-state index contributed by atoms with van der Waals surface area (Å²) >= 11 is 0. The van der Waals surface area contributed by atoms with E-state index in [1.54, 1.807) is 23.0 Å². The smallest absolute Gasteiger partial charge is 0.112 e. The average Bonchev–Trinajstić information content (AvgIpc) is 2.65. The predicted molar refractivity (Wildman–Crippen MR) is 51.2 cm³/mol. The first-order valence-electron chi connectivity index (χ1n) is 4.16. The molecule has 0 aromatic carbocycles. The minimum absolute atomic E-state index is 0.547. The first-order chi connectivity index (χ1) is 6.81. The average molecular weight is 184 g/mol. The second-order valence-electron chi connectivity index (χ2n) is 2.89. The Morgan fingerprint density at radius 3 is 2.93 bits per heavy atom. The van der Waals surface area contributed by atoms with Crippen LogP contribution >= 0.6 is 0 Å². The Hall–Kier alpha value is -2.15. The quantitative estimate of drug-likeness (QED) is 0.672. The molecule has 0 amide bonds. The molecule has 2 heterocycles. The van der Waals surface area contributed by atoms with Crippen LogP contribution in [0.5, 0.6) is 0 Å². The summed E-state index contributed by atoms with van der Waals surface area (Å²) < 4.78 is 1.69. The van der Waals surface area contributed by atoms with Crippen molar-refractivity contribution in [3.05, 3.63) is 36.2 Å². The van der Waals surface area contributed by atoms with Gasteiger partial charge in [-0.3, -0.25) is 9.67 Å². The Kier molecular flexibility index (Phi) is 1.99. The van der Waals surface area contributed by atoms with E-state index < -0.39 is 0 Å². The molecule has 2 aromatic heterocycles. The van der Waals surface area contributed by atoms with Crippen molar-refractivity contribution in [1.82, 2.24) is 14.8 Å². The summed E-state index contributed by atoms with van der Waals surface area (Å²) in [5.74, 6) is 0. The monoisotopic (exact) mass is 184 g/mol. The number of aryl methyl sites for hydroxylation is 1. The van der Waals surface area contributed by atoms with E-state index in [0.717, 1.165) is 5.69 Å². The van der Waals surface area contributed by atoms with Gasteiger partial charge in [0.05, 0.1) is 5.56 Å². The van der Waals surface area contributed by atoms with Gasteiger partial charge >= 0.3 is 0 Å². The molecule has 4 heteroatoms. The molecule has 0 atom stereocenters. The molecular weight excluding hydrogens is 176 g/mol. The van der Waals surface area contributed by atoms with Crippen LogP contribution in [-0.4, -0.2) is 14.8 Å². The minimum Gasteiger partial charge on any atom is -0.275 e. The van der Waals surface area contributed by atoms with E-state index in [-0.39, 0.29) is 0 Å². The van der Waals surface area contributed by atoms with Gasteiger partial charge in [0.2, 0.25) is 0 Å². The number of hydrogen-bond acceptors (Lipinski definition) is 3. The van der Waals surface area contributed by atoms with Crippen molar-refractivity contribution in [3.8, 4) is 17.5 Å². The molecule has 68 valence electrons. The van der Waals surface area contributed by atoms with Crippen molar-refractivity contribution in [2.45, 2.75) is 0 Å². The van der Waals surface area contributed by atoms with Gasteiger partial charge in [0.25, 0.3) is 0 Å². The first-order valence-corrected chi connectivity index (χ1v) is 4.16. The minimum atomic E-state index is 0.547. The lowest BCUT2D eigenvalue weighted by molar-refractivity contribution is 0.770. The number of aromatic nitrogens is 3. The lowest BCUT2D eigenvalue weighted by Crippen LogP contribution is -1.91. The molecule has 4 nitrogen and oxygen atoms in total. The van der Waals surface area contributed by atoms with E-state index in [9.17, 15) is 0 Å². The van der Waals surface area contributed by atoms with Crippen molar-refractivity contribution in [2.24, 2.45) is 7.05 Å². The number of nitrogens with zero attached hydrogens (tertiary/aromatic N) is 4. The van der Waals surface area contributed by atoms with Crippen LogP contribution in [0, 0.1) is 11.3 Å². The van der Waals surface area contributed by atoms with Crippen LogP contribution in [0.15, 0.2) is 30.6 Å². The van der Waals surface area contributed by atoms with E-state index in [1.165, 1.54) is 0 Å². The summed E-state index contributed by atoms with van der Waals surface area (Å²) in [6.07, 6.45) is 3.48. The van der Waals surface area contributed by atoms with Crippen molar-refractivity contribution in [3.63, 3.8) is 0 Å². The first kappa shape index (κ1) is 8.45. The van der Waals surface area contributed by atoms with Crippen molar-refractivity contribution in [2.75, 3.05) is 0 Å². The third-order valence-electron chi connectivity index (χ3n) is 1.88. The van der Waals surface area contributed by atoms with E-state index in [4.69, 9.17) is 5.26 Å². The Balaban J connectivity index is 2.57. The van der Waals surface area contributed by atoms with Gasteiger partial charge in [0.15, 0.2) is 0 Å². The molecular formula is C10H8N4. The zero-order valence-electron chi connectivity index (χ0n) is 7.68. The normalized spacial score (nSPS) is 9.71. The van der Waals surface area contributed by atoms with Gasteiger partial charge in [-0.05, 0) is 18.2 Å². The fraction of sp³-hybridized carbons (Fsp3) is 0.100. The maximum absolute atomic E-state index is 8.86. The lowest BCUT2D eigenvalue weighted by atomic mass is 10.2. The summed E-state index contributed by atoms with van der Waals surface area (Å²) in [4.78, 5) is 4.13. The third kappa shape index (κ3) is 1.36. The summed E-state index contributed by atoms with van der Waals surface area (Å²) in [6, 6.07) is 7.40. The van der Waals surface area contributed by atoms with Gasteiger partial charge in [-0.2, -0.15) is 10.4 Å². The molecule has 0 bridgehead atoms. The highest BCUT2D eigenvalue weighted by atomic mass is 15.2. The van der Waals surface area contributed by atoms with Gasteiger partial charge in [-0.25, -0.2) is 0 Å². The van der Waals surface area contributed by atoms with Crippen LogP contribution in [-0.2, 0) is 7.05 Å². The van der Waals surface area contributed by atoms with E-state index >= 15 is 0 Å². The van der Waals surface area contributed by atoms with Crippen LogP contribution in [0.1, 0.15) is 5.56 Å². The second-order valence-corrected chi connectivity index (χ2v) is 2.89. The Morgan fingerprint density at radius 2 is 2.29 bits per heavy atom. The van der Waals surface area contributed by atoms with Crippen molar-refractivity contribution in [1.29, 1.82) is 5.26 Å². The molecule has 0 N–H and O–H groups in total. The number of rotatable bonds is 1. The zero-order chi connectivity index (χ0) is 9.97. The number of pyridine rings is 1. The molecule has 0 aliphatic heterocycles.